The highest BCUT2D eigenvalue weighted by molar-refractivity contribution is 6.32. The van der Waals surface area contributed by atoms with Crippen LogP contribution >= 0.6 is 23.2 Å². The zero-order chi connectivity index (χ0) is 21.4. The van der Waals surface area contributed by atoms with Gasteiger partial charge in [-0.05, 0) is 54.5 Å². The molecule has 0 aliphatic carbocycles. The summed E-state index contributed by atoms with van der Waals surface area (Å²) in [6.07, 6.45) is 4.50. The van der Waals surface area contributed by atoms with Crippen molar-refractivity contribution < 1.29 is 0 Å². The minimum atomic E-state index is 0.0368. The van der Waals surface area contributed by atoms with Crippen LogP contribution in [0.1, 0.15) is 48.4 Å². The third kappa shape index (κ3) is 3.70. The van der Waals surface area contributed by atoms with Gasteiger partial charge >= 0.3 is 0 Å². The van der Waals surface area contributed by atoms with E-state index in [9.17, 15) is 0 Å². The predicted molar refractivity (Wildman–Crippen MR) is 130 cm³/mol. The van der Waals surface area contributed by atoms with Gasteiger partial charge in [-0.1, -0.05) is 89.9 Å². The zero-order valence-electron chi connectivity index (χ0n) is 17.6. The van der Waals surface area contributed by atoms with Crippen LogP contribution in [0.2, 0.25) is 10.0 Å². The molecule has 2 heterocycles. The lowest BCUT2D eigenvalue weighted by Crippen LogP contribution is -2.53. The number of nitrogens with zero attached hydrogens (tertiary/aromatic N) is 1. The number of benzene rings is 3. The Morgan fingerprint density at radius 2 is 1.26 bits per heavy atom. The van der Waals surface area contributed by atoms with Crippen LogP contribution in [0.4, 0.5) is 0 Å². The molecule has 5 rings (SSSR count). The fourth-order valence-corrected chi connectivity index (χ4v) is 6.48. The molecular weight excluding hydrogens is 423 g/mol. The molecule has 4 heteroatoms. The SMILES string of the molecule is NCC1(c2ccccc2)C[C@H]2CC[C@@H](C1)N2C(c1ccccc1Cl)c1ccccc1Cl. The number of rotatable bonds is 5. The van der Waals surface area contributed by atoms with Gasteiger partial charge in [0.1, 0.15) is 0 Å². The summed E-state index contributed by atoms with van der Waals surface area (Å²) in [5, 5.41) is 1.59. The van der Waals surface area contributed by atoms with E-state index in [4.69, 9.17) is 28.9 Å². The van der Waals surface area contributed by atoms with E-state index in [1.54, 1.807) is 0 Å². The maximum atomic E-state index is 6.75. The smallest absolute Gasteiger partial charge is 0.0636 e. The van der Waals surface area contributed by atoms with Gasteiger partial charge in [-0.2, -0.15) is 0 Å². The van der Waals surface area contributed by atoms with Crippen LogP contribution in [0, 0.1) is 0 Å². The monoisotopic (exact) mass is 450 g/mol. The van der Waals surface area contributed by atoms with Gasteiger partial charge in [0, 0.05) is 34.1 Å². The van der Waals surface area contributed by atoms with Crippen molar-refractivity contribution in [1.82, 2.24) is 4.90 Å². The van der Waals surface area contributed by atoms with Gasteiger partial charge < -0.3 is 5.73 Å². The van der Waals surface area contributed by atoms with Crippen molar-refractivity contribution in [2.45, 2.75) is 49.2 Å². The standard InChI is InChI=1S/C27H28Cl2N2/c28-24-12-6-4-10-22(24)26(23-11-5-7-13-25(23)29)31-20-14-15-21(31)17-27(16-20,18-30)19-8-2-1-3-9-19/h1-13,20-21,26H,14-18,30H2/t20-,21+,27?. The molecule has 3 atom stereocenters. The van der Waals surface area contributed by atoms with Crippen molar-refractivity contribution in [2.24, 2.45) is 5.73 Å². The van der Waals surface area contributed by atoms with E-state index in [0.29, 0.717) is 18.6 Å². The van der Waals surface area contributed by atoms with Gasteiger partial charge in [-0.15, -0.1) is 0 Å². The van der Waals surface area contributed by atoms with Crippen molar-refractivity contribution in [3.63, 3.8) is 0 Å². The lowest BCUT2D eigenvalue weighted by molar-refractivity contribution is 0.0601. The molecular formula is C27H28Cl2N2. The maximum Gasteiger partial charge on any atom is 0.0636 e. The highest BCUT2D eigenvalue weighted by Crippen LogP contribution is 2.52. The van der Waals surface area contributed by atoms with Crippen molar-refractivity contribution >= 4 is 23.2 Å². The van der Waals surface area contributed by atoms with E-state index in [-0.39, 0.29) is 11.5 Å². The summed E-state index contributed by atoms with van der Waals surface area (Å²) < 4.78 is 0. The van der Waals surface area contributed by atoms with Gasteiger partial charge in [-0.3, -0.25) is 4.90 Å². The summed E-state index contributed by atoms with van der Waals surface area (Å²) in [6, 6.07) is 28.2. The number of nitrogens with two attached hydrogens (primary N) is 1. The molecule has 3 aromatic rings. The van der Waals surface area contributed by atoms with Crippen molar-refractivity contribution in [2.75, 3.05) is 6.54 Å². The molecule has 2 N–H and O–H groups in total. The first-order valence-corrected chi connectivity index (χ1v) is 11.9. The van der Waals surface area contributed by atoms with Crippen molar-refractivity contribution in [1.29, 1.82) is 0 Å². The van der Waals surface area contributed by atoms with Crippen LogP contribution in [0.25, 0.3) is 0 Å². The van der Waals surface area contributed by atoms with Gasteiger partial charge in [-0.25, -0.2) is 0 Å². The molecule has 0 aromatic heterocycles. The Hall–Kier alpha value is -1.84. The molecule has 31 heavy (non-hydrogen) atoms. The molecule has 0 saturated carbocycles. The van der Waals surface area contributed by atoms with Crippen LogP contribution in [0.5, 0.6) is 0 Å². The quantitative estimate of drug-likeness (QED) is 0.473. The van der Waals surface area contributed by atoms with Crippen molar-refractivity contribution in [3.05, 3.63) is 106 Å². The summed E-state index contributed by atoms with van der Waals surface area (Å²) in [5.74, 6) is 0. The zero-order valence-corrected chi connectivity index (χ0v) is 19.1. The van der Waals surface area contributed by atoms with Gasteiger partial charge in [0.2, 0.25) is 0 Å². The third-order valence-electron chi connectivity index (χ3n) is 7.40. The van der Waals surface area contributed by atoms with Gasteiger partial charge in [0.05, 0.1) is 6.04 Å². The first-order chi connectivity index (χ1) is 15.1. The van der Waals surface area contributed by atoms with Crippen LogP contribution < -0.4 is 5.73 Å². The second-order valence-electron chi connectivity index (χ2n) is 9.04. The fourth-order valence-electron chi connectivity index (χ4n) is 6.00. The first kappa shape index (κ1) is 21.0. The summed E-state index contributed by atoms with van der Waals surface area (Å²) in [6.45, 7) is 0.681. The Kier molecular flexibility index (Phi) is 5.83. The molecule has 3 aromatic carbocycles. The Morgan fingerprint density at radius 1 is 0.774 bits per heavy atom. The van der Waals surface area contributed by atoms with Gasteiger partial charge in [0.15, 0.2) is 0 Å². The minimum Gasteiger partial charge on any atom is -0.330 e. The number of fused-ring (bicyclic) bond motifs is 2. The molecule has 0 amide bonds. The molecule has 160 valence electrons. The van der Waals surface area contributed by atoms with Crippen LogP contribution in [0.15, 0.2) is 78.9 Å². The molecule has 2 bridgehead atoms. The summed E-state index contributed by atoms with van der Waals surface area (Å²) in [7, 11) is 0. The normalized spacial score (nSPS) is 25.8. The Balaban J connectivity index is 1.58. The number of hydrogen-bond acceptors (Lipinski definition) is 2. The first-order valence-electron chi connectivity index (χ1n) is 11.1. The maximum absolute atomic E-state index is 6.75. The topological polar surface area (TPSA) is 29.3 Å². The Labute approximate surface area is 195 Å². The minimum absolute atomic E-state index is 0.0368. The summed E-state index contributed by atoms with van der Waals surface area (Å²) >= 11 is 13.5. The van der Waals surface area contributed by atoms with E-state index in [2.05, 4.69) is 59.5 Å². The lowest BCUT2D eigenvalue weighted by Gasteiger charge is -2.50. The Bertz CT molecular complexity index is 992. The largest absolute Gasteiger partial charge is 0.330 e. The number of hydrogen-bond donors (Lipinski definition) is 1. The second kappa shape index (κ2) is 8.60. The average Bonchev–Trinajstić information content (AvgIpc) is 3.06. The van der Waals surface area contributed by atoms with E-state index in [0.717, 1.165) is 34.0 Å². The van der Waals surface area contributed by atoms with Crippen molar-refractivity contribution in [3.8, 4) is 0 Å². The second-order valence-corrected chi connectivity index (χ2v) is 9.85. The Morgan fingerprint density at radius 3 is 1.74 bits per heavy atom. The molecule has 2 aliphatic heterocycles. The predicted octanol–water partition coefficient (Wildman–Crippen LogP) is 6.61. The summed E-state index contributed by atoms with van der Waals surface area (Å²) in [4.78, 5) is 2.69. The highest BCUT2D eigenvalue weighted by Gasteiger charge is 2.51. The van der Waals surface area contributed by atoms with E-state index in [1.165, 1.54) is 18.4 Å². The third-order valence-corrected chi connectivity index (χ3v) is 8.09. The van der Waals surface area contributed by atoms with Crippen LogP contribution in [-0.4, -0.2) is 23.5 Å². The van der Waals surface area contributed by atoms with Crippen LogP contribution in [0.3, 0.4) is 0 Å². The molecule has 2 fully saturated rings. The lowest BCUT2D eigenvalue weighted by atomic mass is 9.69. The highest BCUT2D eigenvalue weighted by atomic mass is 35.5. The molecule has 1 unspecified atom stereocenters. The van der Waals surface area contributed by atoms with Crippen LogP contribution in [-0.2, 0) is 5.41 Å². The molecule has 0 radical (unpaired) electrons. The molecule has 2 nitrogen and oxygen atoms in total. The molecule has 2 saturated heterocycles. The van der Waals surface area contributed by atoms with E-state index < -0.39 is 0 Å². The number of piperidine rings is 1. The summed E-state index contributed by atoms with van der Waals surface area (Å²) in [5.41, 5.74) is 10.1. The molecule has 0 spiro atoms. The fraction of sp³-hybridized carbons (Fsp3) is 0.333. The number of halogens is 2. The van der Waals surface area contributed by atoms with Gasteiger partial charge in [0.25, 0.3) is 0 Å². The van der Waals surface area contributed by atoms with E-state index >= 15 is 0 Å². The molecule has 2 aliphatic rings. The average molecular weight is 451 g/mol. The van der Waals surface area contributed by atoms with E-state index in [1.807, 2.05) is 24.3 Å².